The van der Waals surface area contributed by atoms with Gasteiger partial charge >= 0.3 is 6.09 Å². The number of halogens is 1. The second kappa shape index (κ2) is 8.61. The van der Waals surface area contributed by atoms with Crippen molar-refractivity contribution in [1.29, 1.82) is 0 Å². The molecule has 3 aliphatic rings. The first kappa shape index (κ1) is 22.2. The highest BCUT2D eigenvalue weighted by Crippen LogP contribution is 2.47. The van der Waals surface area contributed by atoms with Gasteiger partial charge in [-0.15, -0.1) is 11.3 Å². The zero-order valence-corrected chi connectivity index (χ0v) is 20.0. The van der Waals surface area contributed by atoms with Crippen molar-refractivity contribution in [2.45, 2.75) is 31.1 Å². The van der Waals surface area contributed by atoms with Gasteiger partial charge in [0.15, 0.2) is 0 Å². The van der Waals surface area contributed by atoms with Crippen LogP contribution in [0.4, 0.5) is 10.5 Å². The van der Waals surface area contributed by atoms with E-state index in [2.05, 4.69) is 4.98 Å². The average molecular weight is 489 g/mol. The monoisotopic (exact) mass is 488 g/mol. The molecule has 33 heavy (non-hydrogen) atoms. The summed E-state index contributed by atoms with van der Waals surface area (Å²) in [6.45, 7) is 3.04. The summed E-state index contributed by atoms with van der Waals surface area (Å²) >= 11 is 7.64. The third-order valence-corrected chi connectivity index (χ3v) is 7.92. The van der Waals surface area contributed by atoms with Crippen LogP contribution in [-0.2, 0) is 21.4 Å². The second-order valence-corrected chi connectivity index (χ2v) is 10.2. The largest absolute Gasteiger partial charge is 0.453 e. The Hall–Kier alpha value is -2.65. The van der Waals surface area contributed by atoms with Gasteiger partial charge in [0, 0.05) is 54.2 Å². The Kier molecular flexibility index (Phi) is 5.78. The smallest absolute Gasteiger partial charge is 0.409 e. The highest BCUT2D eigenvalue weighted by atomic mass is 35.5. The molecule has 0 saturated carbocycles. The summed E-state index contributed by atoms with van der Waals surface area (Å²) in [6, 6.07) is 5.55. The summed E-state index contributed by atoms with van der Waals surface area (Å²) in [5.74, 6) is -0.141. The first-order valence-electron chi connectivity index (χ1n) is 11.1. The van der Waals surface area contributed by atoms with E-state index in [1.807, 2.05) is 17.0 Å². The molecule has 3 aliphatic heterocycles. The lowest BCUT2D eigenvalue weighted by Gasteiger charge is -2.25. The maximum atomic E-state index is 13.4. The summed E-state index contributed by atoms with van der Waals surface area (Å²) in [5, 5.41) is 2.97. The van der Waals surface area contributed by atoms with E-state index in [4.69, 9.17) is 16.3 Å². The van der Waals surface area contributed by atoms with E-state index in [1.54, 1.807) is 21.2 Å². The number of nitrogens with zero attached hydrogens (tertiary/aromatic N) is 4. The Bertz CT molecular complexity index is 1120. The van der Waals surface area contributed by atoms with E-state index in [0.717, 1.165) is 43.6 Å². The van der Waals surface area contributed by atoms with Crippen LogP contribution in [0.3, 0.4) is 0 Å². The highest BCUT2D eigenvalue weighted by molar-refractivity contribution is 7.10. The minimum Gasteiger partial charge on any atom is -0.453 e. The molecule has 0 N–H and O–H groups in total. The van der Waals surface area contributed by atoms with Crippen LogP contribution in [0.25, 0.3) is 0 Å². The van der Waals surface area contributed by atoms with Crippen LogP contribution in [0.1, 0.15) is 40.3 Å². The van der Waals surface area contributed by atoms with Gasteiger partial charge in [0.2, 0.25) is 5.91 Å². The van der Waals surface area contributed by atoms with Crippen molar-refractivity contribution < 1.29 is 19.1 Å². The average Bonchev–Trinajstić information content (AvgIpc) is 3.61. The summed E-state index contributed by atoms with van der Waals surface area (Å²) < 4.78 is 4.90. The lowest BCUT2D eigenvalue weighted by atomic mass is 9.81. The van der Waals surface area contributed by atoms with E-state index < -0.39 is 0 Å². The zero-order chi connectivity index (χ0) is 23.2. The molecular formula is C23H25ClN4O4S. The fourth-order valence-corrected chi connectivity index (χ4v) is 6.10. The van der Waals surface area contributed by atoms with Gasteiger partial charge in [-0.25, -0.2) is 9.78 Å². The van der Waals surface area contributed by atoms with Crippen molar-refractivity contribution in [3.05, 3.63) is 44.9 Å². The first-order chi connectivity index (χ1) is 15.9. The molecule has 2 aromatic rings. The first-order valence-corrected chi connectivity index (χ1v) is 12.3. The molecule has 1 unspecified atom stereocenters. The summed E-state index contributed by atoms with van der Waals surface area (Å²) in [5.41, 5.74) is 1.85. The molecule has 5 rings (SSSR count). The molecule has 8 nitrogen and oxygen atoms in total. The number of fused-ring (bicyclic) bond motifs is 2. The molecule has 1 aromatic heterocycles. The molecule has 4 heterocycles. The van der Waals surface area contributed by atoms with Crippen LogP contribution in [-0.4, -0.2) is 72.5 Å². The van der Waals surface area contributed by atoms with Crippen molar-refractivity contribution in [2.75, 3.05) is 44.7 Å². The van der Waals surface area contributed by atoms with Crippen LogP contribution in [0.15, 0.2) is 23.6 Å². The fourth-order valence-electron chi connectivity index (χ4n) is 5.17. The summed E-state index contributed by atoms with van der Waals surface area (Å²) in [4.78, 5) is 47.8. The maximum Gasteiger partial charge on any atom is 0.409 e. The van der Waals surface area contributed by atoms with Crippen molar-refractivity contribution in [2.24, 2.45) is 0 Å². The van der Waals surface area contributed by atoms with E-state index in [1.165, 1.54) is 18.4 Å². The molecule has 0 bridgehead atoms. The van der Waals surface area contributed by atoms with Crippen LogP contribution >= 0.6 is 22.9 Å². The zero-order valence-electron chi connectivity index (χ0n) is 18.4. The molecule has 3 amide bonds. The Balaban J connectivity index is 1.35. The molecule has 2 fully saturated rings. The Morgan fingerprint density at radius 2 is 1.94 bits per heavy atom. The number of carbonyl (C=O) groups is 3. The van der Waals surface area contributed by atoms with Gasteiger partial charge in [0.25, 0.3) is 5.91 Å². The number of benzene rings is 1. The van der Waals surface area contributed by atoms with Crippen molar-refractivity contribution in [1.82, 2.24) is 14.8 Å². The van der Waals surface area contributed by atoms with Crippen molar-refractivity contribution in [3.8, 4) is 0 Å². The molecule has 0 radical (unpaired) electrons. The number of hydrogen-bond acceptors (Lipinski definition) is 6. The van der Waals surface area contributed by atoms with Gasteiger partial charge in [0.1, 0.15) is 10.7 Å². The third kappa shape index (κ3) is 3.97. The summed E-state index contributed by atoms with van der Waals surface area (Å²) in [7, 11) is 1.37. The van der Waals surface area contributed by atoms with Gasteiger partial charge < -0.3 is 19.4 Å². The number of rotatable bonds is 3. The van der Waals surface area contributed by atoms with E-state index in [0.29, 0.717) is 35.4 Å². The topological polar surface area (TPSA) is 83.0 Å². The quantitative estimate of drug-likeness (QED) is 0.661. The highest BCUT2D eigenvalue weighted by Gasteiger charge is 2.50. The normalized spacial score (nSPS) is 21.7. The molecule has 1 spiro atoms. The van der Waals surface area contributed by atoms with E-state index in [-0.39, 0.29) is 29.7 Å². The minimum atomic E-state index is -0.371. The minimum absolute atomic E-state index is 0.0589. The van der Waals surface area contributed by atoms with Crippen LogP contribution in [0.5, 0.6) is 0 Å². The lowest BCUT2D eigenvalue weighted by Crippen LogP contribution is -2.40. The predicted molar refractivity (Wildman–Crippen MR) is 125 cm³/mol. The Morgan fingerprint density at radius 1 is 1.15 bits per heavy atom. The molecule has 174 valence electrons. The van der Waals surface area contributed by atoms with Crippen LogP contribution in [0, 0.1) is 0 Å². The number of carbonyl (C=O) groups excluding carboxylic acids is 3. The number of thiazole rings is 1. The molecule has 0 aliphatic carbocycles. The number of hydrogen-bond donors (Lipinski definition) is 0. The summed E-state index contributed by atoms with van der Waals surface area (Å²) in [6.07, 6.45) is 2.53. The van der Waals surface area contributed by atoms with Crippen molar-refractivity contribution >= 4 is 46.5 Å². The molecule has 1 aromatic carbocycles. The SMILES string of the molecule is COC(=O)N1CCC2(C1)CN(C(=O)Cc1nc(C(=O)N3CCCC3)cs1)c1ccc(Cl)cc12. The van der Waals surface area contributed by atoms with E-state index in [9.17, 15) is 14.4 Å². The number of aromatic nitrogens is 1. The number of methoxy groups -OCH3 is 1. The predicted octanol–water partition coefficient (Wildman–Crippen LogP) is 3.33. The van der Waals surface area contributed by atoms with Gasteiger partial charge in [-0.2, -0.15) is 0 Å². The Labute approximate surface area is 201 Å². The van der Waals surface area contributed by atoms with Gasteiger partial charge in [-0.05, 0) is 43.0 Å². The van der Waals surface area contributed by atoms with Crippen LogP contribution < -0.4 is 4.90 Å². The van der Waals surface area contributed by atoms with Crippen molar-refractivity contribution in [3.63, 3.8) is 0 Å². The van der Waals surface area contributed by atoms with Gasteiger partial charge in [0.05, 0.1) is 13.5 Å². The molecule has 10 heteroatoms. The second-order valence-electron chi connectivity index (χ2n) is 8.87. The number of likely N-dealkylation sites (tertiary alicyclic amines) is 2. The Morgan fingerprint density at radius 3 is 2.70 bits per heavy atom. The fraction of sp³-hybridized carbons (Fsp3) is 0.478. The number of amides is 3. The molecule has 1 atom stereocenters. The lowest BCUT2D eigenvalue weighted by molar-refractivity contribution is -0.118. The van der Waals surface area contributed by atoms with Gasteiger partial charge in [-0.1, -0.05) is 11.6 Å². The third-order valence-electron chi connectivity index (χ3n) is 6.84. The standard InChI is InChI=1S/C23H25ClN4O4S/c1-32-22(31)27-9-6-23(13-27)14-28(18-5-4-15(24)10-16(18)23)20(29)11-19-25-17(12-33-19)21(30)26-7-2-3-8-26/h4-5,10,12H,2-3,6-9,11,13-14H2,1H3. The van der Waals surface area contributed by atoms with E-state index >= 15 is 0 Å². The molecule has 2 saturated heterocycles. The maximum absolute atomic E-state index is 13.4. The molecular weight excluding hydrogens is 464 g/mol. The van der Waals surface area contributed by atoms with Crippen LogP contribution in [0.2, 0.25) is 5.02 Å². The number of anilines is 1. The van der Waals surface area contributed by atoms with Gasteiger partial charge in [-0.3, -0.25) is 9.59 Å². The number of ether oxygens (including phenoxy) is 1.